The van der Waals surface area contributed by atoms with Gasteiger partial charge in [0, 0.05) is 0 Å². The van der Waals surface area contributed by atoms with Gasteiger partial charge in [0.25, 0.3) is 0 Å². The first-order chi connectivity index (χ1) is 9.11. The average Bonchev–Trinajstić information content (AvgIpc) is 2.42. The molecule has 5 nitrogen and oxygen atoms in total. The summed E-state index contributed by atoms with van der Waals surface area (Å²) in [4.78, 5) is 15.8. The number of aromatic nitrogens is 1. The fourth-order valence-corrected chi connectivity index (χ4v) is 2.42. The minimum atomic E-state index is -0.474. The molecule has 1 saturated carbocycles. The molecule has 1 fully saturated rings. The third-order valence-corrected chi connectivity index (χ3v) is 3.57. The van der Waals surface area contributed by atoms with Crippen LogP contribution in [0.15, 0.2) is 12.3 Å². The number of rotatable bonds is 3. The number of hydrogen-bond donors (Lipinski definition) is 1. The maximum Gasteiger partial charge on any atom is 0.343 e. The zero-order chi connectivity index (χ0) is 13.8. The van der Waals surface area contributed by atoms with Gasteiger partial charge in [-0.2, -0.15) is 0 Å². The number of carbonyl (C=O) groups is 1. The summed E-state index contributed by atoms with van der Waals surface area (Å²) in [5.41, 5.74) is 6.37. The van der Waals surface area contributed by atoms with Crippen molar-refractivity contribution in [3.63, 3.8) is 0 Å². The Morgan fingerprint density at radius 3 is 2.84 bits per heavy atom. The van der Waals surface area contributed by atoms with Gasteiger partial charge in [0.1, 0.15) is 11.7 Å². The lowest BCUT2D eigenvalue weighted by Gasteiger charge is -2.29. The molecule has 1 heterocycles. The van der Waals surface area contributed by atoms with Crippen molar-refractivity contribution >= 4 is 11.7 Å². The van der Waals surface area contributed by atoms with Crippen molar-refractivity contribution in [3.8, 4) is 5.88 Å². The van der Waals surface area contributed by atoms with Crippen molar-refractivity contribution in [1.29, 1.82) is 0 Å². The highest BCUT2D eigenvalue weighted by molar-refractivity contribution is 5.92. The van der Waals surface area contributed by atoms with Gasteiger partial charge in [0.15, 0.2) is 0 Å². The van der Waals surface area contributed by atoms with Crippen molar-refractivity contribution in [2.24, 2.45) is 5.92 Å². The molecule has 1 aliphatic carbocycles. The van der Waals surface area contributed by atoms with E-state index in [-0.39, 0.29) is 6.10 Å². The summed E-state index contributed by atoms with van der Waals surface area (Å²) in [5, 5.41) is 0. The average molecular weight is 264 g/mol. The molecule has 1 aliphatic rings. The molecule has 19 heavy (non-hydrogen) atoms. The highest BCUT2D eigenvalue weighted by Gasteiger charge is 2.25. The van der Waals surface area contributed by atoms with Crippen LogP contribution in [-0.2, 0) is 4.74 Å². The van der Waals surface area contributed by atoms with Crippen LogP contribution in [-0.4, -0.2) is 24.2 Å². The molecule has 1 aromatic heterocycles. The summed E-state index contributed by atoms with van der Waals surface area (Å²) < 4.78 is 10.6. The molecule has 0 radical (unpaired) electrons. The summed E-state index contributed by atoms with van der Waals surface area (Å²) in [5.74, 6) is 0.316. The monoisotopic (exact) mass is 264 g/mol. The van der Waals surface area contributed by atoms with Crippen LogP contribution in [0.1, 0.15) is 43.0 Å². The Morgan fingerprint density at radius 1 is 1.42 bits per heavy atom. The first-order valence-electron chi connectivity index (χ1n) is 6.62. The molecule has 0 saturated heterocycles. The van der Waals surface area contributed by atoms with Crippen molar-refractivity contribution in [2.75, 3.05) is 12.8 Å². The molecule has 1 aromatic rings. The summed E-state index contributed by atoms with van der Waals surface area (Å²) >= 11 is 0. The number of ether oxygens (including phenoxy) is 2. The van der Waals surface area contributed by atoms with Gasteiger partial charge in [-0.15, -0.1) is 0 Å². The standard InChI is InChI=1S/C14H20N2O3/c1-9-5-3-4-6-12(9)19-13-11(14(17)18-2)7-10(15)8-16-13/h7-9,12H,3-6,15H2,1-2H3. The van der Waals surface area contributed by atoms with E-state index in [1.54, 1.807) is 6.07 Å². The maximum absolute atomic E-state index is 11.7. The molecule has 2 unspecified atom stereocenters. The van der Waals surface area contributed by atoms with Gasteiger partial charge in [0.05, 0.1) is 19.0 Å². The molecule has 0 aliphatic heterocycles. The van der Waals surface area contributed by atoms with E-state index in [4.69, 9.17) is 15.2 Å². The van der Waals surface area contributed by atoms with Crippen molar-refractivity contribution in [1.82, 2.24) is 4.98 Å². The molecule has 5 heteroatoms. The largest absolute Gasteiger partial charge is 0.473 e. The molecule has 0 spiro atoms. The zero-order valence-corrected chi connectivity index (χ0v) is 11.4. The number of nitrogens with zero attached hydrogens (tertiary/aromatic N) is 1. The predicted molar refractivity (Wildman–Crippen MR) is 72.0 cm³/mol. The number of carbonyl (C=O) groups excluding carboxylic acids is 1. The molecule has 2 N–H and O–H groups in total. The third-order valence-electron chi connectivity index (χ3n) is 3.57. The molecule has 2 atom stereocenters. The Morgan fingerprint density at radius 2 is 2.16 bits per heavy atom. The van der Waals surface area contributed by atoms with E-state index in [1.165, 1.54) is 19.7 Å². The van der Waals surface area contributed by atoms with Crippen LogP contribution >= 0.6 is 0 Å². The van der Waals surface area contributed by atoms with Crippen LogP contribution in [0.25, 0.3) is 0 Å². The van der Waals surface area contributed by atoms with E-state index >= 15 is 0 Å². The van der Waals surface area contributed by atoms with Crippen LogP contribution in [0.5, 0.6) is 5.88 Å². The molecule has 0 bridgehead atoms. The Bertz CT molecular complexity index is 462. The van der Waals surface area contributed by atoms with Gasteiger partial charge in [-0.05, 0) is 31.2 Å². The minimum absolute atomic E-state index is 0.105. The SMILES string of the molecule is COC(=O)c1cc(N)cnc1OC1CCCCC1C. The van der Waals surface area contributed by atoms with E-state index in [0.29, 0.717) is 23.0 Å². The maximum atomic E-state index is 11.7. The Labute approximate surface area is 113 Å². The molecule has 0 aromatic carbocycles. The number of pyridine rings is 1. The normalized spacial score (nSPS) is 22.8. The third kappa shape index (κ3) is 3.16. The van der Waals surface area contributed by atoms with Gasteiger partial charge in [-0.25, -0.2) is 9.78 Å². The number of anilines is 1. The first-order valence-corrected chi connectivity index (χ1v) is 6.62. The van der Waals surface area contributed by atoms with Gasteiger partial charge in [0.2, 0.25) is 5.88 Å². The van der Waals surface area contributed by atoms with Crippen LogP contribution in [0.4, 0.5) is 5.69 Å². The van der Waals surface area contributed by atoms with Crippen molar-refractivity contribution < 1.29 is 14.3 Å². The number of hydrogen-bond acceptors (Lipinski definition) is 5. The highest BCUT2D eigenvalue weighted by Crippen LogP contribution is 2.29. The Hall–Kier alpha value is -1.78. The quantitative estimate of drug-likeness (QED) is 0.848. The van der Waals surface area contributed by atoms with E-state index in [0.717, 1.165) is 19.3 Å². The van der Waals surface area contributed by atoms with Crippen LogP contribution in [0.3, 0.4) is 0 Å². The predicted octanol–water partition coefficient (Wildman–Crippen LogP) is 2.41. The summed E-state index contributed by atoms with van der Waals surface area (Å²) in [6, 6.07) is 1.54. The minimum Gasteiger partial charge on any atom is -0.473 e. The number of esters is 1. The fourth-order valence-electron chi connectivity index (χ4n) is 2.42. The second-order valence-corrected chi connectivity index (χ2v) is 5.03. The van der Waals surface area contributed by atoms with E-state index in [9.17, 15) is 4.79 Å². The molecule has 0 amide bonds. The number of nitrogen functional groups attached to an aromatic ring is 1. The lowest BCUT2D eigenvalue weighted by molar-refractivity contribution is 0.0576. The second-order valence-electron chi connectivity index (χ2n) is 5.03. The number of nitrogens with two attached hydrogens (primary N) is 1. The molecule has 2 rings (SSSR count). The Kier molecular flexibility index (Phi) is 4.24. The summed E-state index contributed by atoms with van der Waals surface area (Å²) in [6.07, 6.45) is 6.13. The van der Waals surface area contributed by atoms with E-state index in [2.05, 4.69) is 11.9 Å². The van der Waals surface area contributed by atoms with Crippen LogP contribution in [0.2, 0.25) is 0 Å². The Balaban J connectivity index is 2.21. The van der Waals surface area contributed by atoms with Crippen LogP contribution < -0.4 is 10.5 Å². The first kappa shape index (κ1) is 13.6. The molecular weight excluding hydrogens is 244 g/mol. The van der Waals surface area contributed by atoms with Crippen LogP contribution in [0, 0.1) is 5.92 Å². The van der Waals surface area contributed by atoms with Gasteiger partial charge < -0.3 is 15.2 Å². The van der Waals surface area contributed by atoms with Gasteiger partial charge in [-0.3, -0.25) is 0 Å². The van der Waals surface area contributed by atoms with Gasteiger partial charge in [-0.1, -0.05) is 13.3 Å². The fraction of sp³-hybridized carbons (Fsp3) is 0.571. The lowest BCUT2D eigenvalue weighted by atomic mass is 9.88. The summed E-state index contributed by atoms with van der Waals surface area (Å²) in [6.45, 7) is 2.17. The molecular formula is C14H20N2O3. The molecule has 104 valence electrons. The zero-order valence-electron chi connectivity index (χ0n) is 11.4. The topological polar surface area (TPSA) is 74.4 Å². The van der Waals surface area contributed by atoms with Crippen molar-refractivity contribution in [2.45, 2.75) is 38.7 Å². The smallest absolute Gasteiger partial charge is 0.343 e. The second kappa shape index (κ2) is 5.91. The highest BCUT2D eigenvalue weighted by atomic mass is 16.5. The lowest BCUT2D eigenvalue weighted by Crippen LogP contribution is -2.29. The van der Waals surface area contributed by atoms with Crippen molar-refractivity contribution in [3.05, 3.63) is 17.8 Å². The summed E-state index contributed by atoms with van der Waals surface area (Å²) in [7, 11) is 1.33. The van der Waals surface area contributed by atoms with E-state index in [1.807, 2.05) is 0 Å². The van der Waals surface area contributed by atoms with Gasteiger partial charge >= 0.3 is 5.97 Å². The number of methoxy groups -OCH3 is 1. The van der Waals surface area contributed by atoms with E-state index < -0.39 is 5.97 Å².